The Hall–Kier alpha value is -2.83. The van der Waals surface area contributed by atoms with E-state index in [2.05, 4.69) is 20.0 Å². The summed E-state index contributed by atoms with van der Waals surface area (Å²) in [5.74, 6) is 0.0842. The number of hydrogen-bond acceptors (Lipinski definition) is 6. The predicted octanol–water partition coefficient (Wildman–Crippen LogP) is 3.60. The fraction of sp³-hybridized carbons (Fsp3) is 0.381. The van der Waals surface area contributed by atoms with Crippen molar-refractivity contribution in [2.45, 2.75) is 30.0 Å². The normalized spacial score (nSPS) is 17.5. The van der Waals surface area contributed by atoms with Gasteiger partial charge in [0, 0.05) is 19.1 Å². The van der Waals surface area contributed by atoms with Gasteiger partial charge in [-0.2, -0.15) is 13.2 Å². The van der Waals surface area contributed by atoms with Gasteiger partial charge in [-0.05, 0) is 43.2 Å². The molecule has 3 aromatic rings. The van der Waals surface area contributed by atoms with Crippen LogP contribution in [0.1, 0.15) is 18.4 Å². The second kappa shape index (κ2) is 8.19. The van der Waals surface area contributed by atoms with Crippen LogP contribution in [0, 0.1) is 0 Å². The molecule has 12 heteroatoms. The minimum atomic E-state index is -4.55. The van der Waals surface area contributed by atoms with Crippen LogP contribution in [0.2, 0.25) is 0 Å². The van der Waals surface area contributed by atoms with Crippen molar-refractivity contribution in [2.75, 3.05) is 36.5 Å². The van der Waals surface area contributed by atoms with Crippen molar-refractivity contribution in [3.8, 4) is 0 Å². The standard InChI is InChI=1S/C21H22F3N5O3S/c22-21(23,24)15-2-1-3-16-19(15)27-20(25-16)26-17-12-14(33(30,31)28-13-4-5-13)6-7-18(17)29-8-10-32-11-9-29/h1-3,6-7,12-13,28H,4-5,8-11H2,(H2,25,26,27). The Labute approximate surface area is 188 Å². The molecule has 0 unspecified atom stereocenters. The quantitative estimate of drug-likeness (QED) is 0.498. The number of benzene rings is 2. The van der Waals surface area contributed by atoms with E-state index in [9.17, 15) is 21.6 Å². The Morgan fingerprint density at radius 1 is 1.12 bits per heavy atom. The molecule has 1 aromatic heterocycles. The van der Waals surface area contributed by atoms with Gasteiger partial charge >= 0.3 is 6.18 Å². The highest BCUT2D eigenvalue weighted by Gasteiger charge is 2.34. The number of sulfonamides is 1. The Bertz CT molecular complexity index is 1280. The Morgan fingerprint density at radius 3 is 2.58 bits per heavy atom. The van der Waals surface area contributed by atoms with E-state index in [1.54, 1.807) is 6.07 Å². The zero-order valence-electron chi connectivity index (χ0n) is 17.4. The molecule has 0 spiro atoms. The van der Waals surface area contributed by atoms with Gasteiger partial charge in [0.15, 0.2) is 0 Å². The molecule has 2 aromatic carbocycles. The van der Waals surface area contributed by atoms with Gasteiger partial charge in [-0.15, -0.1) is 0 Å². The molecule has 1 aliphatic heterocycles. The summed E-state index contributed by atoms with van der Waals surface area (Å²) < 4.78 is 73.7. The Balaban J connectivity index is 1.54. The maximum Gasteiger partial charge on any atom is 0.418 e. The van der Waals surface area contributed by atoms with E-state index in [4.69, 9.17) is 4.74 Å². The molecule has 2 aliphatic rings. The van der Waals surface area contributed by atoms with Gasteiger partial charge in [-0.1, -0.05) is 6.07 Å². The molecule has 5 rings (SSSR count). The van der Waals surface area contributed by atoms with Gasteiger partial charge in [0.25, 0.3) is 0 Å². The number of para-hydroxylation sites is 1. The number of anilines is 3. The molecule has 0 amide bonds. The van der Waals surface area contributed by atoms with Crippen molar-refractivity contribution in [1.82, 2.24) is 14.7 Å². The first-order chi connectivity index (χ1) is 15.7. The summed E-state index contributed by atoms with van der Waals surface area (Å²) in [6.07, 6.45) is -2.94. The average molecular weight is 482 g/mol. The molecule has 1 saturated heterocycles. The van der Waals surface area contributed by atoms with Crippen molar-refractivity contribution >= 4 is 38.4 Å². The van der Waals surface area contributed by atoms with Crippen molar-refractivity contribution in [2.24, 2.45) is 0 Å². The third-order valence-electron chi connectivity index (χ3n) is 5.60. The first-order valence-electron chi connectivity index (χ1n) is 10.5. The van der Waals surface area contributed by atoms with Gasteiger partial charge in [-0.25, -0.2) is 18.1 Å². The van der Waals surface area contributed by atoms with Crippen molar-refractivity contribution < 1.29 is 26.3 Å². The summed E-state index contributed by atoms with van der Waals surface area (Å²) in [5, 5.41) is 3.01. The molecule has 8 nitrogen and oxygen atoms in total. The second-order valence-corrected chi connectivity index (χ2v) is 9.80. The number of fused-ring (bicyclic) bond motifs is 1. The molecule has 33 heavy (non-hydrogen) atoms. The third kappa shape index (κ3) is 4.63. The van der Waals surface area contributed by atoms with Gasteiger partial charge in [0.2, 0.25) is 16.0 Å². The summed E-state index contributed by atoms with van der Waals surface area (Å²) in [6.45, 7) is 2.23. The first kappa shape index (κ1) is 22.0. The lowest BCUT2D eigenvalue weighted by Gasteiger charge is -2.30. The highest BCUT2D eigenvalue weighted by atomic mass is 32.2. The van der Waals surface area contributed by atoms with Gasteiger partial charge < -0.3 is 19.9 Å². The van der Waals surface area contributed by atoms with E-state index < -0.39 is 21.8 Å². The number of aromatic nitrogens is 2. The average Bonchev–Trinajstić information content (AvgIpc) is 3.48. The number of morpholine rings is 1. The number of nitrogens with zero attached hydrogens (tertiary/aromatic N) is 2. The minimum absolute atomic E-state index is 0.0542. The highest BCUT2D eigenvalue weighted by Crippen LogP contribution is 2.36. The van der Waals surface area contributed by atoms with Crippen molar-refractivity contribution in [3.63, 3.8) is 0 Å². The number of hydrogen-bond donors (Lipinski definition) is 3. The fourth-order valence-corrected chi connectivity index (χ4v) is 5.13. The molecule has 0 bridgehead atoms. The zero-order valence-corrected chi connectivity index (χ0v) is 18.3. The SMILES string of the molecule is O=S(=O)(NC1CC1)c1ccc(N2CCOCC2)c(Nc2nc3c(C(F)(F)F)cccc3[nH]2)c1. The molecule has 1 saturated carbocycles. The molecular weight excluding hydrogens is 459 g/mol. The first-order valence-corrected chi connectivity index (χ1v) is 12.0. The van der Waals surface area contributed by atoms with Crippen LogP contribution in [0.5, 0.6) is 0 Å². The van der Waals surface area contributed by atoms with Gasteiger partial charge in [-0.3, -0.25) is 0 Å². The molecule has 2 heterocycles. The number of aromatic amines is 1. The number of ether oxygens (including phenoxy) is 1. The summed E-state index contributed by atoms with van der Waals surface area (Å²) in [5.41, 5.74) is 0.296. The summed E-state index contributed by atoms with van der Waals surface area (Å²) >= 11 is 0. The summed E-state index contributed by atoms with van der Waals surface area (Å²) in [6, 6.07) is 8.44. The van der Waals surface area contributed by atoms with Gasteiger partial charge in [0.05, 0.1) is 40.6 Å². The molecule has 1 aliphatic carbocycles. The van der Waals surface area contributed by atoms with E-state index in [1.807, 2.05) is 4.90 Å². The van der Waals surface area contributed by atoms with Gasteiger partial charge in [0.1, 0.15) is 5.52 Å². The number of imidazole rings is 1. The minimum Gasteiger partial charge on any atom is -0.378 e. The van der Waals surface area contributed by atoms with Crippen LogP contribution in [0.3, 0.4) is 0 Å². The smallest absolute Gasteiger partial charge is 0.378 e. The van der Waals surface area contributed by atoms with E-state index in [1.165, 1.54) is 24.3 Å². The largest absolute Gasteiger partial charge is 0.418 e. The van der Waals surface area contributed by atoms with E-state index >= 15 is 0 Å². The van der Waals surface area contributed by atoms with Crippen LogP contribution >= 0.6 is 0 Å². The highest BCUT2D eigenvalue weighted by molar-refractivity contribution is 7.89. The number of H-pyrrole nitrogens is 1. The second-order valence-electron chi connectivity index (χ2n) is 8.08. The molecule has 0 radical (unpaired) electrons. The van der Waals surface area contributed by atoms with Crippen LogP contribution in [0.15, 0.2) is 41.3 Å². The van der Waals surface area contributed by atoms with Crippen molar-refractivity contribution in [3.05, 3.63) is 42.0 Å². The number of alkyl halides is 3. The number of rotatable bonds is 6. The van der Waals surface area contributed by atoms with Crippen LogP contribution < -0.4 is 14.9 Å². The summed E-state index contributed by atoms with van der Waals surface area (Å²) in [4.78, 5) is 9.07. The molecule has 176 valence electrons. The van der Waals surface area contributed by atoms with Crippen LogP contribution in [-0.4, -0.2) is 50.7 Å². The van der Waals surface area contributed by atoms with E-state index in [0.29, 0.717) is 37.7 Å². The molecule has 2 fully saturated rings. The lowest BCUT2D eigenvalue weighted by atomic mass is 10.2. The zero-order chi connectivity index (χ0) is 23.2. The number of nitrogens with one attached hydrogen (secondary N) is 3. The van der Waals surface area contributed by atoms with Crippen LogP contribution in [0.25, 0.3) is 11.0 Å². The third-order valence-corrected chi connectivity index (χ3v) is 7.12. The predicted molar refractivity (Wildman–Crippen MR) is 117 cm³/mol. The van der Waals surface area contributed by atoms with Crippen molar-refractivity contribution in [1.29, 1.82) is 0 Å². The Kier molecular flexibility index (Phi) is 5.46. The molecule has 0 atom stereocenters. The molecular formula is C21H22F3N5O3S. The maximum absolute atomic E-state index is 13.4. The lowest BCUT2D eigenvalue weighted by molar-refractivity contribution is -0.136. The topological polar surface area (TPSA) is 99.3 Å². The fourth-order valence-electron chi connectivity index (χ4n) is 3.80. The van der Waals surface area contributed by atoms with E-state index in [0.717, 1.165) is 18.9 Å². The number of halogens is 3. The maximum atomic E-state index is 13.4. The lowest BCUT2D eigenvalue weighted by Crippen LogP contribution is -2.36. The monoisotopic (exact) mass is 481 g/mol. The molecule has 3 N–H and O–H groups in total. The van der Waals surface area contributed by atoms with Crippen LogP contribution in [-0.2, 0) is 20.9 Å². The summed E-state index contributed by atoms with van der Waals surface area (Å²) in [7, 11) is -3.72. The van der Waals surface area contributed by atoms with E-state index in [-0.39, 0.29) is 27.9 Å². The van der Waals surface area contributed by atoms with Crippen LogP contribution in [0.4, 0.5) is 30.5 Å². The Morgan fingerprint density at radius 2 is 1.88 bits per heavy atom.